The second-order valence-electron chi connectivity index (χ2n) is 4.71. The minimum atomic E-state index is -0.352. The number of benzene rings is 2. The smallest absolute Gasteiger partial charge is 0.249 e. The zero-order valence-corrected chi connectivity index (χ0v) is 11.9. The highest BCUT2D eigenvalue weighted by molar-refractivity contribution is 5.60. The second kappa shape index (κ2) is 6.17. The normalized spacial score (nSPS) is 10.3. The van der Waals surface area contributed by atoms with Crippen LogP contribution >= 0.6 is 0 Å². The number of aromatic nitrogens is 3. The minimum Gasteiger partial charge on any atom is -0.336 e. The summed E-state index contributed by atoms with van der Waals surface area (Å²) < 4.78 is 13.6. The van der Waals surface area contributed by atoms with Crippen LogP contribution in [0, 0.1) is 12.7 Å². The molecule has 6 heteroatoms. The highest BCUT2D eigenvalue weighted by Gasteiger charge is 2.05. The van der Waals surface area contributed by atoms with Gasteiger partial charge in [-0.1, -0.05) is 30.3 Å². The summed E-state index contributed by atoms with van der Waals surface area (Å²) in [7, 11) is 0. The third kappa shape index (κ3) is 3.17. The van der Waals surface area contributed by atoms with Crippen molar-refractivity contribution in [2.75, 3.05) is 10.6 Å². The van der Waals surface area contributed by atoms with E-state index in [9.17, 15) is 4.39 Å². The lowest BCUT2D eigenvalue weighted by Crippen LogP contribution is -2.03. The van der Waals surface area contributed by atoms with Crippen LogP contribution in [0.4, 0.5) is 27.5 Å². The Morgan fingerprint density at radius 1 is 0.909 bits per heavy atom. The quantitative estimate of drug-likeness (QED) is 0.766. The number of nitrogens with zero attached hydrogens (tertiary/aromatic N) is 3. The molecule has 0 aliphatic rings. The van der Waals surface area contributed by atoms with Crippen LogP contribution in [-0.4, -0.2) is 15.2 Å². The first-order chi connectivity index (χ1) is 10.7. The number of nitrogens with one attached hydrogen (secondary N) is 2. The molecule has 1 heterocycles. The molecule has 0 radical (unpaired) electrons. The third-order valence-electron chi connectivity index (χ3n) is 3.09. The number of halogens is 1. The fourth-order valence-corrected chi connectivity index (χ4v) is 1.95. The molecule has 2 N–H and O–H groups in total. The SMILES string of the molecule is Cc1ccccc1Nc1nncc(Nc2ccccc2F)n1. The molecule has 0 spiro atoms. The van der Waals surface area contributed by atoms with Crippen LogP contribution in [0.25, 0.3) is 0 Å². The van der Waals surface area contributed by atoms with Gasteiger partial charge in [0.05, 0.1) is 11.9 Å². The summed E-state index contributed by atoms with van der Waals surface area (Å²) in [6, 6.07) is 14.2. The Bertz CT molecular complexity index is 728. The van der Waals surface area contributed by atoms with E-state index in [1.165, 1.54) is 12.3 Å². The van der Waals surface area contributed by atoms with Crippen molar-refractivity contribution in [1.82, 2.24) is 15.2 Å². The molecule has 1 aromatic heterocycles. The summed E-state index contributed by atoms with van der Waals surface area (Å²) >= 11 is 0. The molecule has 0 atom stereocenters. The largest absolute Gasteiger partial charge is 0.336 e. The van der Waals surface area contributed by atoms with Gasteiger partial charge in [-0.05, 0) is 30.7 Å². The minimum absolute atomic E-state index is 0.338. The molecule has 0 fully saturated rings. The van der Waals surface area contributed by atoms with Crippen LogP contribution in [0.2, 0.25) is 0 Å². The standard InChI is InChI=1S/C16H14FN5/c1-11-6-2-4-8-13(11)20-16-21-15(10-18-22-16)19-14-9-5-3-7-12(14)17/h2-10H,1H3,(H2,19,20,21,22). The van der Waals surface area contributed by atoms with Crippen LogP contribution in [0.15, 0.2) is 54.7 Å². The Morgan fingerprint density at radius 3 is 2.41 bits per heavy atom. The fraction of sp³-hybridized carbons (Fsp3) is 0.0625. The van der Waals surface area contributed by atoms with Gasteiger partial charge in [0.2, 0.25) is 5.95 Å². The van der Waals surface area contributed by atoms with E-state index in [0.29, 0.717) is 17.5 Å². The summed E-state index contributed by atoms with van der Waals surface area (Å²) in [5.74, 6) is 0.404. The maximum absolute atomic E-state index is 13.6. The monoisotopic (exact) mass is 295 g/mol. The number of hydrogen-bond donors (Lipinski definition) is 2. The van der Waals surface area contributed by atoms with Crippen LogP contribution in [0.1, 0.15) is 5.56 Å². The average Bonchev–Trinajstić information content (AvgIpc) is 2.52. The lowest BCUT2D eigenvalue weighted by molar-refractivity contribution is 0.632. The number of hydrogen-bond acceptors (Lipinski definition) is 5. The van der Waals surface area contributed by atoms with Gasteiger partial charge in [-0.25, -0.2) is 4.39 Å². The predicted molar refractivity (Wildman–Crippen MR) is 84.0 cm³/mol. The number of anilines is 4. The van der Waals surface area contributed by atoms with Gasteiger partial charge in [0.15, 0.2) is 5.82 Å². The summed E-state index contributed by atoms with van der Waals surface area (Å²) in [6.45, 7) is 1.98. The van der Waals surface area contributed by atoms with E-state index < -0.39 is 0 Å². The third-order valence-corrected chi connectivity index (χ3v) is 3.09. The van der Waals surface area contributed by atoms with Crippen molar-refractivity contribution in [3.8, 4) is 0 Å². The lowest BCUT2D eigenvalue weighted by Gasteiger charge is -2.09. The zero-order valence-electron chi connectivity index (χ0n) is 11.9. The molecule has 110 valence electrons. The van der Waals surface area contributed by atoms with E-state index in [4.69, 9.17) is 0 Å². The van der Waals surface area contributed by atoms with Gasteiger partial charge < -0.3 is 10.6 Å². The summed E-state index contributed by atoms with van der Waals surface area (Å²) in [5, 5.41) is 13.8. The van der Waals surface area contributed by atoms with E-state index in [-0.39, 0.29) is 5.82 Å². The molecule has 3 rings (SSSR count). The molecule has 0 aliphatic heterocycles. The Hall–Kier alpha value is -3.02. The molecule has 0 aliphatic carbocycles. The van der Waals surface area contributed by atoms with Gasteiger partial charge in [-0.3, -0.25) is 0 Å². The molecule has 0 saturated carbocycles. The molecular weight excluding hydrogens is 281 g/mol. The van der Waals surface area contributed by atoms with Gasteiger partial charge in [-0.2, -0.15) is 10.1 Å². The molecule has 0 bridgehead atoms. The van der Waals surface area contributed by atoms with Gasteiger partial charge in [0.1, 0.15) is 5.82 Å². The molecular formula is C16H14FN5. The maximum atomic E-state index is 13.6. The number of para-hydroxylation sites is 2. The number of aryl methyl sites for hydroxylation is 1. The molecule has 0 amide bonds. The van der Waals surface area contributed by atoms with Crippen LogP contribution in [-0.2, 0) is 0 Å². The van der Waals surface area contributed by atoms with Crippen LogP contribution in [0.3, 0.4) is 0 Å². The fourth-order valence-electron chi connectivity index (χ4n) is 1.95. The van der Waals surface area contributed by atoms with E-state index in [1.807, 2.05) is 31.2 Å². The Labute approximate surface area is 127 Å². The first-order valence-corrected chi connectivity index (χ1v) is 6.76. The lowest BCUT2D eigenvalue weighted by atomic mass is 10.2. The van der Waals surface area contributed by atoms with Crippen molar-refractivity contribution in [2.24, 2.45) is 0 Å². The molecule has 0 saturated heterocycles. The first kappa shape index (κ1) is 13.9. The molecule has 22 heavy (non-hydrogen) atoms. The summed E-state index contributed by atoms with van der Waals surface area (Å²) in [5.41, 5.74) is 2.30. The van der Waals surface area contributed by atoms with Crippen LogP contribution < -0.4 is 10.6 Å². The Balaban J connectivity index is 1.81. The highest BCUT2D eigenvalue weighted by Crippen LogP contribution is 2.20. The van der Waals surface area contributed by atoms with Crippen molar-refractivity contribution in [2.45, 2.75) is 6.92 Å². The van der Waals surface area contributed by atoms with Crippen molar-refractivity contribution >= 4 is 23.1 Å². The predicted octanol–water partition coefficient (Wildman–Crippen LogP) is 3.81. The molecule has 2 aromatic carbocycles. The molecule has 5 nitrogen and oxygen atoms in total. The van der Waals surface area contributed by atoms with E-state index in [0.717, 1.165) is 11.3 Å². The second-order valence-corrected chi connectivity index (χ2v) is 4.71. The van der Waals surface area contributed by atoms with Gasteiger partial charge >= 0.3 is 0 Å². The van der Waals surface area contributed by atoms with E-state index >= 15 is 0 Å². The van der Waals surface area contributed by atoms with Crippen molar-refractivity contribution in [1.29, 1.82) is 0 Å². The highest BCUT2D eigenvalue weighted by atomic mass is 19.1. The van der Waals surface area contributed by atoms with Gasteiger partial charge in [0.25, 0.3) is 0 Å². The van der Waals surface area contributed by atoms with Gasteiger partial charge in [0, 0.05) is 5.69 Å². The summed E-state index contributed by atoms with van der Waals surface area (Å²) in [6.07, 6.45) is 1.44. The average molecular weight is 295 g/mol. The van der Waals surface area contributed by atoms with E-state index in [2.05, 4.69) is 25.8 Å². The summed E-state index contributed by atoms with van der Waals surface area (Å²) in [4.78, 5) is 4.28. The Kier molecular flexibility index (Phi) is 3.91. The Morgan fingerprint density at radius 2 is 1.64 bits per heavy atom. The van der Waals surface area contributed by atoms with E-state index in [1.54, 1.807) is 18.2 Å². The molecule has 3 aromatic rings. The first-order valence-electron chi connectivity index (χ1n) is 6.76. The van der Waals surface area contributed by atoms with Gasteiger partial charge in [-0.15, -0.1) is 5.10 Å². The zero-order chi connectivity index (χ0) is 15.4. The number of rotatable bonds is 4. The maximum Gasteiger partial charge on any atom is 0.249 e. The van der Waals surface area contributed by atoms with Crippen molar-refractivity contribution in [3.05, 3.63) is 66.1 Å². The van der Waals surface area contributed by atoms with Crippen molar-refractivity contribution < 1.29 is 4.39 Å². The van der Waals surface area contributed by atoms with Crippen molar-refractivity contribution in [3.63, 3.8) is 0 Å². The van der Waals surface area contributed by atoms with Crippen LogP contribution in [0.5, 0.6) is 0 Å². The molecule has 0 unspecified atom stereocenters. The topological polar surface area (TPSA) is 62.7 Å².